The zero-order valence-corrected chi connectivity index (χ0v) is 21.2. The number of carbonyl (C=O) groups is 1. The van der Waals surface area contributed by atoms with Crippen LogP contribution >= 0.6 is 8.18 Å². The Bertz CT molecular complexity index is 1120. The van der Waals surface area contributed by atoms with Crippen molar-refractivity contribution in [1.29, 1.82) is 0 Å². The molecule has 2 aromatic heterocycles. The number of aromatic nitrogens is 4. The highest BCUT2D eigenvalue weighted by molar-refractivity contribution is 7.36. The first-order valence-electron chi connectivity index (χ1n) is 10.7. The lowest BCUT2D eigenvalue weighted by Crippen LogP contribution is -2.46. The lowest BCUT2D eigenvalue weighted by Gasteiger charge is -2.25. The second-order valence-corrected chi connectivity index (χ2v) is 10.0. The molecular formula is C19H30F2N7O6P. The minimum Gasteiger partial charge on any atom is -0.462 e. The maximum Gasteiger partial charge on any atom is 0.323 e. The molecule has 3 heterocycles. The van der Waals surface area contributed by atoms with Crippen molar-refractivity contribution in [2.75, 3.05) is 31.3 Å². The van der Waals surface area contributed by atoms with Gasteiger partial charge in [0.15, 0.2) is 35.0 Å². The number of hydrogen-bond acceptors (Lipinski definition) is 11. The van der Waals surface area contributed by atoms with Crippen LogP contribution in [0.25, 0.3) is 11.2 Å². The summed E-state index contributed by atoms with van der Waals surface area (Å²) in [7, 11) is 0.192. The fraction of sp³-hybridized carbons (Fsp3) is 0.684. The van der Waals surface area contributed by atoms with E-state index in [-0.39, 0.29) is 23.2 Å². The van der Waals surface area contributed by atoms with Gasteiger partial charge >= 0.3 is 5.97 Å². The third-order valence-electron chi connectivity index (χ3n) is 5.27. The van der Waals surface area contributed by atoms with Crippen molar-refractivity contribution in [1.82, 2.24) is 24.6 Å². The Morgan fingerprint density at radius 3 is 2.66 bits per heavy atom. The van der Waals surface area contributed by atoms with Crippen LogP contribution in [0.5, 0.6) is 0 Å². The molecule has 2 aromatic rings. The van der Waals surface area contributed by atoms with Crippen molar-refractivity contribution in [2.24, 2.45) is 0 Å². The molecule has 0 aliphatic carbocycles. The van der Waals surface area contributed by atoms with E-state index in [1.165, 1.54) is 13.3 Å². The number of rotatable bonds is 9. The van der Waals surface area contributed by atoms with E-state index in [2.05, 4.69) is 20.0 Å². The summed E-state index contributed by atoms with van der Waals surface area (Å²) in [6.45, 7) is 4.53. The third kappa shape index (κ3) is 5.38. The van der Waals surface area contributed by atoms with Crippen LogP contribution < -0.4 is 15.7 Å². The number of aliphatic hydroxyl groups excluding tert-OH is 1. The Balaban J connectivity index is 1.79. The molecule has 1 saturated heterocycles. The zero-order chi connectivity index (χ0) is 26.3. The Labute approximate surface area is 200 Å². The molecule has 1 fully saturated rings. The summed E-state index contributed by atoms with van der Waals surface area (Å²) in [5.41, 5.74) is 3.40. The van der Waals surface area contributed by atoms with E-state index < -0.39 is 50.7 Å². The van der Waals surface area contributed by atoms with Crippen LogP contribution in [-0.4, -0.2) is 81.1 Å². The fourth-order valence-electron chi connectivity index (χ4n) is 3.54. The Morgan fingerprint density at radius 2 is 2.06 bits per heavy atom. The number of alkyl halides is 2. The van der Waals surface area contributed by atoms with Gasteiger partial charge in [-0.15, -0.1) is 0 Å². The minimum absolute atomic E-state index is 0.0557. The highest BCUT2D eigenvalue weighted by Crippen LogP contribution is 2.49. The highest BCUT2D eigenvalue weighted by atomic mass is 31.1. The van der Waals surface area contributed by atoms with Gasteiger partial charge in [-0.1, -0.05) is 0 Å². The number of hydrogen-bond donors (Lipinski definition) is 3. The summed E-state index contributed by atoms with van der Waals surface area (Å²) in [5, 5.41) is 12.8. The van der Waals surface area contributed by atoms with E-state index in [0.717, 1.165) is 11.5 Å². The molecule has 35 heavy (non-hydrogen) atoms. The summed E-state index contributed by atoms with van der Waals surface area (Å²) in [4.78, 5) is 25.8. The first kappa shape index (κ1) is 27.1. The molecule has 1 aliphatic rings. The number of fused-ring (bicyclic) bond motifs is 1. The number of halogens is 2. The Hall–Kier alpha value is -2.45. The van der Waals surface area contributed by atoms with Gasteiger partial charge in [0.1, 0.15) is 12.6 Å². The minimum atomic E-state index is -3.20. The van der Waals surface area contributed by atoms with E-state index in [0.29, 0.717) is 5.82 Å². The molecule has 3 rings (SSSR count). The summed E-state index contributed by atoms with van der Waals surface area (Å²) in [6, 6.07) is -1.01. The van der Waals surface area contributed by atoms with Crippen LogP contribution in [0, 0.1) is 0 Å². The van der Waals surface area contributed by atoms with Gasteiger partial charge in [-0.3, -0.25) is 13.9 Å². The maximum atomic E-state index is 15.6. The number of aliphatic hydroxyl groups is 1. The van der Waals surface area contributed by atoms with Gasteiger partial charge in [-0.25, -0.2) is 18.9 Å². The van der Waals surface area contributed by atoms with Crippen LogP contribution in [0.3, 0.4) is 0 Å². The van der Waals surface area contributed by atoms with E-state index in [1.807, 2.05) is 0 Å². The number of anilines is 2. The fourth-order valence-corrected chi connectivity index (χ4v) is 4.42. The molecule has 196 valence electrons. The van der Waals surface area contributed by atoms with Crippen molar-refractivity contribution in [3.05, 3.63) is 6.33 Å². The molecule has 0 amide bonds. The molecular weight excluding hydrogens is 491 g/mol. The van der Waals surface area contributed by atoms with Crippen LogP contribution in [-0.2, 0) is 23.4 Å². The summed E-state index contributed by atoms with van der Waals surface area (Å²) in [6.07, 6.45) is -3.28. The maximum absolute atomic E-state index is 15.6. The predicted molar refractivity (Wildman–Crippen MR) is 122 cm³/mol. The number of carbonyl (C=O) groups excluding carboxylic acids is 1. The molecule has 0 saturated carbocycles. The van der Waals surface area contributed by atoms with Gasteiger partial charge in [0.05, 0.1) is 12.4 Å². The van der Waals surface area contributed by atoms with Crippen LogP contribution in [0.4, 0.5) is 20.5 Å². The quantitative estimate of drug-likeness (QED) is 0.318. The number of nitrogen functional groups attached to an aromatic ring is 1. The number of nitrogens with one attached hydrogen (secondary N) is 1. The molecule has 0 aromatic carbocycles. The molecule has 0 spiro atoms. The van der Waals surface area contributed by atoms with Crippen LogP contribution in [0.15, 0.2) is 6.33 Å². The lowest BCUT2D eigenvalue weighted by molar-refractivity contribution is -0.201. The van der Waals surface area contributed by atoms with E-state index >= 15 is 8.78 Å². The Kier molecular flexibility index (Phi) is 7.67. The molecule has 0 radical (unpaired) electrons. The second kappa shape index (κ2) is 9.90. The normalized spacial score (nSPS) is 28.4. The second-order valence-electron chi connectivity index (χ2n) is 8.86. The van der Waals surface area contributed by atoms with Gasteiger partial charge in [0.2, 0.25) is 5.95 Å². The summed E-state index contributed by atoms with van der Waals surface area (Å²) in [5.74, 6) is -3.56. The summed E-state index contributed by atoms with van der Waals surface area (Å²) >= 11 is 0. The zero-order valence-electron chi connectivity index (χ0n) is 20.2. The molecule has 0 bridgehead atoms. The molecule has 6 atom stereocenters. The predicted octanol–water partition coefficient (Wildman–Crippen LogP) is 1.09. The molecule has 4 N–H and O–H groups in total. The van der Waals surface area contributed by atoms with Crippen molar-refractivity contribution in [2.45, 2.75) is 63.7 Å². The SMILES string of the molecule is CC(C)OC(=O)[C@@H](C)N[PH](=O)OC[C@@]1(F)O[C@@H](n2cnc3c(N(C)C)nc(N)nc32)[C@](C)(F)[C@@H]1O. The van der Waals surface area contributed by atoms with Gasteiger partial charge in [-0.2, -0.15) is 9.97 Å². The van der Waals surface area contributed by atoms with E-state index in [9.17, 15) is 14.5 Å². The van der Waals surface area contributed by atoms with Crippen LogP contribution in [0.2, 0.25) is 0 Å². The van der Waals surface area contributed by atoms with Crippen LogP contribution in [0.1, 0.15) is 33.9 Å². The summed E-state index contributed by atoms with van der Waals surface area (Å²) < 4.78 is 59.7. The highest BCUT2D eigenvalue weighted by Gasteiger charge is 2.65. The number of esters is 1. The topological polar surface area (TPSA) is 167 Å². The van der Waals surface area contributed by atoms with Crippen molar-refractivity contribution < 1.29 is 37.2 Å². The largest absolute Gasteiger partial charge is 0.462 e. The lowest BCUT2D eigenvalue weighted by atomic mass is 9.97. The van der Waals surface area contributed by atoms with E-state index in [1.54, 1.807) is 32.8 Å². The van der Waals surface area contributed by atoms with Gasteiger partial charge in [-0.05, 0) is 27.7 Å². The average Bonchev–Trinajstić information content (AvgIpc) is 3.24. The average molecular weight is 521 g/mol. The third-order valence-corrected chi connectivity index (χ3v) is 6.35. The van der Waals surface area contributed by atoms with Crippen molar-refractivity contribution in [3.63, 3.8) is 0 Å². The monoisotopic (exact) mass is 521 g/mol. The Morgan fingerprint density at radius 1 is 1.40 bits per heavy atom. The smallest absolute Gasteiger partial charge is 0.323 e. The number of nitrogens with zero attached hydrogens (tertiary/aromatic N) is 5. The molecule has 1 aliphatic heterocycles. The van der Waals surface area contributed by atoms with Crippen molar-refractivity contribution in [3.8, 4) is 0 Å². The first-order valence-corrected chi connectivity index (χ1v) is 12.0. The van der Waals surface area contributed by atoms with Gasteiger partial charge < -0.3 is 29.7 Å². The number of nitrogens with two attached hydrogens (primary N) is 1. The first-order chi connectivity index (χ1) is 16.2. The molecule has 1 unspecified atom stereocenters. The van der Waals surface area contributed by atoms with E-state index in [4.69, 9.17) is 19.7 Å². The molecule has 13 nitrogen and oxygen atoms in total. The number of ether oxygens (including phenoxy) is 2. The van der Waals surface area contributed by atoms with Crippen molar-refractivity contribution >= 4 is 37.1 Å². The molecule has 16 heteroatoms. The number of imidazole rings is 1. The standard InChI is InChI=1S/C19H30F2N7O6P/c1-9(2)33-14(29)10(3)26-35(31)32-7-19(21)15(30)18(4,20)16(34-19)28-8-23-11-12(27(5)6)24-17(22)25-13(11)28/h8-10,15-16,30,35H,7H2,1-6H3,(H,26,31)(H2,22,24,25)/t10-,15+,16-,18-,19-/m1/s1. The van der Waals surface area contributed by atoms with Gasteiger partial charge in [0.25, 0.3) is 14.0 Å². The van der Waals surface area contributed by atoms with Gasteiger partial charge in [0, 0.05) is 14.1 Å².